The average Bonchev–Trinajstić information content (AvgIpc) is 2.27. The standard InChI is InChI=1S/C15H28N2O/c1-6-9-14(4,5)17-13(18)15(12-16,10-7-2)11-8-3/h6-11H2,1-5H3,(H,17,18). The Morgan fingerprint density at radius 1 is 1.06 bits per heavy atom. The summed E-state index contributed by atoms with van der Waals surface area (Å²) in [7, 11) is 0. The molecular weight excluding hydrogens is 224 g/mol. The summed E-state index contributed by atoms with van der Waals surface area (Å²) in [5.74, 6) is -0.0906. The van der Waals surface area contributed by atoms with E-state index in [1.807, 2.05) is 27.7 Å². The molecule has 0 aromatic carbocycles. The Morgan fingerprint density at radius 2 is 1.50 bits per heavy atom. The van der Waals surface area contributed by atoms with Crippen LogP contribution in [0.5, 0.6) is 0 Å². The van der Waals surface area contributed by atoms with Gasteiger partial charge >= 0.3 is 0 Å². The van der Waals surface area contributed by atoms with Gasteiger partial charge in [-0.3, -0.25) is 4.79 Å². The van der Waals surface area contributed by atoms with Crippen LogP contribution >= 0.6 is 0 Å². The lowest BCUT2D eigenvalue weighted by atomic mass is 9.79. The highest BCUT2D eigenvalue weighted by Crippen LogP contribution is 2.30. The van der Waals surface area contributed by atoms with E-state index in [0.29, 0.717) is 12.8 Å². The highest BCUT2D eigenvalue weighted by atomic mass is 16.2. The summed E-state index contributed by atoms with van der Waals surface area (Å²) in [6, 6.07) is 2.27. The van der Waals surface area contributed by atoms with E-state index in [9.17, 15) is 10.1 Å². The van der Waals surface area contributed by atoms with E-state index in [1.54, 1.807) is 0 Å². The average molecular weight is 252 g/mol. The fraction of sp³-hybridized carbons (Fsp3) is 0.867. The molecule has 18 heavy (non-hydrogen) atoms. The summed E-state index contributed by atoms with van der Waals surface area (Å²) >= 11 is 0. The van der Waals surface area contributed by atoms with Crippen molar-refractivity contribution >= 4 is 5.91 Å². The van der Waals surface area contributed by atoms with E-state index in [2.05, 4.69) is 18.3 Å². The van der Waals surface area contributed by atoms with Gasteiger partial charge in [0, 0.05) is 5.54 Å². The van der Waals surface area contributed by atoms with Crippen molar-refractivity contribution in [2.24, 2.45) is 5.41 Å². The molecule has 1 amide bonds. The first kappa shape index (κ1) is 17.0. The van der Waals surface area contributed by atoms with Gasteiger partial charge in [0.15, 0.2) is 0 Å². The lowest BCUT2D eigenvalue weighted by Crippen LogP contribution is -2.50. The van der Waals surface area contributed by atoms with Crippen LogP contribution in [0.4, 0.5) is 0 Å². The van der Waals surface area contributed by atoms with Gasteiger partial charge in [-0.15, -0.1) is 0 Å². The van der Waals surface area contributed by atoms with Crippen molar-refractivity contribution in [3.63, 3.8) is 0 Å². The maximum absolute atomic E-state index is 12.4. The van der Waals surface area contributed by atoms with Gasteiger partial charge in [-0.25, -0.2) is 0 Å². The molecule has 0 rings (SSSR count). The third kappa shape index (κ3) is 4.68. The largest absolute Gasteiger partial charge is 0.350 e. The number of nitrogens with one attached hydrogen (secondary N) is 1. The Kier molecular flexibility index (Phi) is 6.98. The van der Waals surface area contributed by atoms with Crippen LogP contribution in [0.15, 0.2) is 0 Å². The molecule has 0 saturated heterocycles. The van der Waals surface area contributed by atoms with Crippen molar-refractivity contribution in [1.82, 2.24) is 5.32 Å². The van der Waals surface area contributed by atoms with Gasteiger partial charge in [-0.1, -0.05) is 40.0 Å². The maximum Gasteiger partial charge on any atom is 0.240 e. The van der Waals surface area contributed by atoms with Gasteiger partial charge in [0.25, 0.3) is 0 Å². The first-order valence-electron chi connectivity index (χ1n) is 7.11. The third-order valence-electron chi connectivity index (χ3n) is 3.33. The van der Waals surface area contributed by atoms with Crippen LogP contribution < -0.4 is 5.32 Å². The van der Waals surface area contributed by atoms with Crippen LogP contribution in [0.3, 0.4) is 0 Å². The Labute approximate surface area is 112 Å². The second-order valence-corrected chi connectivity index (χ2v) is 5.78. The number of nitrogens with zero attached hydrogens (tertiary/aromatic N) is 1. The summed E-state index contributed by atoms with van der Waals surface area (Å²) in [5.41, 5.74) is -1.07. The molecule has 0 bridgehead atoms. The second kappa shape index (κ2) is 7.41. The summed E-state index contributed by atoms with van der Waals surface area (Å²) < 4.78 is 0. The smallest absolute Gasteiger partial charge is 0.240 e. The van der Waals surface area contributed by atoms with E-state index in [-0.39, 0.29) is 11.4 Å². The Morgan fingerprint density at radius 3 is 1.83 bits per heavy atom. The van der Waals surface area contributed by atoms with Gasteiger partial charge in [-0.2, -0.15) is 5.26 Å². The third-order valence-corrected chi connectivity index (χ3v) is 3.33. The van der Waals surface area contributed by atoms with Crippen molar-refractivity contribution < 1.29 is 4.79 Å². The molecule has 104 valence electrons. The number of hydrogen-bond donors (Lipinski definition) is 1. The van der Waals surface area contributed by atoms with Crippen LogP contribution in [0, 0.1) is 16.7 Å². The fourth-order valence-corrected chi connectivity index (χ4v) is 2.48. The predicted molar refractivity (Wildman–Crippen MR) is 75.0 cm³/mol. The molecule has 3 heteroatoms. The molecule has 0 heterocycles. The van der Waals surface area contributed by atoms with Crippen molar-refractivity contribution in [2.75, 3.05) is 0 Å². The molecule has 0 aliphatic rings. The van der Waals surface area contributed by atoms with Crippen LogP contribution in [-0.4, -0.2) is 11.4 Å². The topological polar surface area (TPSA) is 52.9 Å². The van der Waals surface area contributed by atoms with Gasteiger partial charge in [0.05, 0.1) is 6.07 Å². The molecule has 0 aromatic heterocycles. The predicted octanol–water partition coefficient (Wildman–Crippen LogP) is 3.79. The summed E-state index contributed by atoms with van der Waals surface area (Å²) in [6.45, 7) is 10.2. The molecule has 0 fully saturated rings. The molecule has 0 aliphatic carbocycles. The monoisotopic (exact) mass is 252 g/mol. The van der Waals surface area contributed by atoms with Crippen LogP contribution in [0.2, 0.25) is 0 Å². The maximum atomic E-state index is 12.4. The van der Waals surface area contributed by atoms with Crippen molar-refractivity contribution in [2.45, 2.75) is 78.7 Å². The number of carbonyl (C=O) groups is 1. The van der Waals surface area contributed by atoms with E-state index in [4.69, 9.17) is 0 Å². The van der Waals surface area contributed by atoms with Gasteiger partial charge < -0.3 is 5.32 Å². The Bertz CT molecular complexity index is 296. The first-order valence-corrected chi connectivity index (χ1v) is 7.11. The molecule has 1 N–H and O–H groups in total. The fourth-order valence-electron chi connectivity index (χ4n) is 2.48. The molecule has 0 atom stereocenters. The lowest BCUT2D eigenvalue weighted by molar-refractivity contribution is -0.130. The van der Waals surface area contributed by atoms with Gasteiger partial charge in [0.2, 0.25) is 5.91 Å². The summed E-state index contributed by atoms with van der Waals surface area (Å²) in [4.78, 5) is 12.4. The van der Waals surface area contributed by atoms with Gasteiger partial charge in [-0.05, 0) is 33.1 Å². The number of rotatable bonds is 8. The number of amides is 1. The quantitative estimate of drug-likeness (QED) is 0.714. The second-order valence-electron chi connectivity index (χ2n) is 5.78. The molecule has 0 radical (unpaired) electrons. The zero-order chi connectivity index (χ0) is 14.2. The van der Waals surface area contributed by atoms with Crippen LogP contribution in [0.25, 0.3) is 0 Å². The van der Waals surface area contributed by atoms with E-state index in [1.165, 1.54) is 0 Å². The molecular formula is C15H28N2O. The minimum atomic E-state index is -0.839. The summed E-state index contributed by atoms with van der Waals surface area (Å²) in [5, 5.41) is 12.5. The molecule has 0 saturated carbocycles. The number of carbonyl (C=O) groups excluding carboxylic acids is 1. The summed E-state index contributed by atoms with van der Waals surface area (Å²) in [6.07, 6.45) is 4.95. The zero-order valence-corrected chi connectivity index (χ0v) is 12.6. The van der Waals surface area contributed by atoms with Crippen molar-refractivity contribution in [1.29, 1.82) is 5.26 Å². The van der Waals surface area contributed by atoms with Crippen LogP contribution in [0.1, 0.15) is 73.1 Å². The SMILES string of the molecule is CCCC(C)(C)NC(=O)C(C#N)(CCC)CCC. The van der Waals surface area contributed by atoms with Gasteiger partial charge in [0.1, 0.15) is 5.41 Å². The molecule has 0 unspecified atom stereocenters. The lowest BCUT2D eigenvalue weighted by Gasteiger charge is -2.32. The first-order chi connectivity index (χ1) is 8.37. The normalized spacial score (nSPS) is 12.0. The minimum Gasteiger partial charge on any atom is -0.350 e. The number of hydrogen-bond acceptors (Lipinski definition) is 2. The zero-order valence-electron chi connectivity index (χ0n) is 12.6. The van der Waals surface area contributed by atoms with E-state index in [0.717, 1.165) is 25.7 Å². The highest BCUT2D eigenvalue weighted by Gasteiger charge is 2.39. The van der Waals surface area contributed by atoms with E-state index >= 15 is 0 Å². The highest BCUT2D eigenvalue weighted by molar-refractivity contribution is 5.86. The van der Waals surface area contributed by atoms with Crippen molar-refractivity contribution in [3.05, 3.63) is 0 Å². The number of nitriles is 1. The minimum absolute atomic E-state index is 0.0906. The molecule has 0 spiro atoms. The molecule has 0 aliphatic heterocycles. The van der Waals surface area contributed by atoms with Crippen LogP contribution in [-0.2, 0) is 4.79 Å². The van der Waals surface area contributed by atoms with E-state index < -0.39 is 5.41 Å². The molecule has 3 nitrogen and oxygen atoms in total. The molecule has 0 aromatic rings. The Hall–Kier alpha value is -1.04. The Balaban J connectivity index is 4.92. The van der Waals surface area contributed by atoms with Crippen molar-refractivity contribution in [3.8, 4) is 6.07 Å².